The molecule has 0 aromatic heterocycles. The van der Waals surface area contributed by atoms with Crippen LogP contribution in [0.25, 0.3) is 10.4 Å². The standard InChI is InChI=1S/C22H15N3O6/c1-27-12-28-13-6-8-17-19(10-13)29-20-11-14(31-25-24-23)7-9-18(20)22(17)16-5-3-2-4-15(16)21(26)30-22/h2-11H,12H2,1H3. The van der Waals surface area contributed by atoms with Crippen LogP contribution in [0.5, 0.6) is 23.0 Å². The number of fused-ring (bicyclic) bond motifs is 6. The summed E-state index contributed by atoms with van der Waals surface area (Å²) in [5.74, 6) is 1.22. The summed E-state index contributed by atoms with van der Waals surface area (Å²) < 4.78 is 22.7. The van der Waals surface area contributed by atoms with Crippen molar-refractivity contribution < 1.29 is 28.6 Å². The lowest BCUT2D eigenvalue weighted by molar-refractivity contribution is 0.0223. The van der Waals surface area contributed by atoms with Gasteiger partial charge in [-0.2, -0.15) is 0 Å². The van der Waals surface area contributed by atoms with Crippen molar-refractivity contribution in [3.8, 4) is 23.0 Å². The monoisotopic (exact) mass is 417 g/mol. The summed E-state index contributed by atoms with van der Waals surface area (Å²) in [7, 11) is 1.53. The van der Waals surface area contributed by atoms with Gasteiger partial charge in [-0.3, -0.25) is 0 Å². The second-order valence-electron chi connectivity index (χ2n) is 6.85. The molecule has 0 N–H and O–H groups in total. The van der Waals surface area contributed by atoms with Gasteiger partial charge >= 0.3 is 5.97 Å². The Bertz CT molecular complexity index is 1250. The van der Waals surface area contributed by atoms with E-state index in [0.29, 0.717) is 39.5 Å². The lowest BCUT2D eigenvalue weighted by Crippen LogP contribution is -2.33. The molecule has 0 fully saturated rings. The van der Waals surface area contributed by atoms with Gasteiger partial charge in [0.15, 0.2) is 12.4 Å². The normalized spacial score (nSPS) is 17.5. The third kappa shape index (κ3) is 2.83. The smallest absolute Gasteiger partial charge is 0.340 e. The summed E-state index contributed by atoms with van der Waals surface area (Å²) in [5, 5.41) is 3.13. The first-order valence-electron chi connectivity index (χ1n) is 9.30. The number of rotatable bonds is 5. The van der Waals surface area contributed by atoms with E-state index in [4.69, 9.17) is 29.3 Å². The average Bonchev–Trinajstić information content (AvgIpc) is 3.09. The molecule has 3 aromatic carbocycles. The number of benzene rings is 3. The second-order valence-corrected chi connectivity index (χ2v) is 6.85. The predicted octanol–water partition coefficient (Wildman–Crippen LogP) is 4.84. The van der Waals surface area contributed by atoms with Gasteiger partial charge in [-0.05, 0) is 35.9 Å². The summed E-state index contributed by atoms with van der Waals surface area (Å²) in [6, 6.07) is 17.4. The molecule has 0 bridgehead atoms. The molecule has 0 aliphatic carbocycles. The Labute approximate surface area is 176 Å². The molecule has 0 saturated heterocycles. The fraction of sp³-hybridized carbons (Fsp3) is 0.136. The summed E-state index contributed by atoms with van der Waals surface area (Å²) in [5.41, 5.74) is 9.79. The number of hydrogen-bond donors (Lipinski definition) is 0. The molecular weight excluding hydrogens is 402 g/mol. The van der Waals surface area contributed by atoms with Crippen LogP contribution in [0.3, 0.4) is 0 Å². The van der Waals surface area contributed by atoms with E-state index < -0.39 is 11.6 Å². The first-order chi connectivity index (χ1) is 15.2. The van der Waals surface area contributed by atoms with Crippen LogP contribution in [0, 0.1) is 0 Å². The van der Waals surface area contributed by atoms with Crippen molar-refractivity contribution in [1.29, 1.82) is 0 Å². The summed E-state index contributed by atoms with van der Waals surface area (Å²) in [6.07, 6.45) is 0. The first-order valence-corrected chi connectivity index (χ1v) is 9.30. The van der Waals surface area contributed by atoms with E-state index in [2.05, 4.69) is 10.2 Å². The van der Waals surface area contributed by atoms with Gasteiger partial charge in [0.2, 0.25) is 0 Å². The van der Waals surface area contributed by atoms with Crippen LogP contribution in [0.2, 0.25) is 0 Å². The minimum absolute atomic E-state index is 0.0719. The minimum Gasteiger partial charge on any atom is -0.467 e. The molecule has 1 unspecified atom stereocenters. The van der Waals surface area contributed by atoms with Crippen molar-refractivity contribution in [3.05, 3.63) is 93.4 Å². The van der Waals surface area contributed by atoms with Crippen LogP contribution in [0.4, 0.5) is 0 Å². The van der Waals surface area contributed by atoms with Crippen LogP contribution < -0.4 is 14.3 Å². The molecule has 2 aliphatic rings. The van der Waals surface area contributed by atoms with Gasteiger partial charge in [-0.25, -0.2) is 4.79 Å². The number of ether oxygens (including phenoxy) is 4. The van der Waals surface area contributed by atoms with Gasteiger partial charge < -0.3 is 23.8 Å². The minimum atomic E-state index is -1.20. The highest BCUT2D eigenvalue weighted by Crippen LogP contribution is 2.56. The Kier molecular flexibility index (Phi) is 4.39. The molecule has 0 saturated carbocycles. The van der Waals surface area contributed by atoms with Crippen LogP contribution in [0.1, 0.15) is 27.0 Å². The van der Waals surface area contributed by atoms with Crippen LogP contribution >= 0.6 is 0 Å². The number of nitrogens with zero attached hydrogens (tertiary/aromatic N) is 3. The van der Waals surface area contributed by atoms with Gasteiger partial charge in [0.1, 0.15) is 28.3 Å². The maximum Gasteiger partial charge on any atom is 0.340 e. The fourth-order valence-corrected chi connectivity index (χ4v) is 3.98. The van der Waals surface area contributed by atoms with Crippen molar-refractivity contribution >= 4 is 5.97 Å². The summed E-state index contributed by atoms with van der Waals surface area (Å²) >= 11 is 0. The van der Waals surface area contributed by atoms with Gasteiger partial charge in [0.05, 0.1) is 5.56 Å². The molecule has 2 aliphatic heterocycles. The number of azide groups is 1. The molecule has 0 amide bonds. The number of carbonyl (C=O) groups is 1. The van der Waals surface area contributed by atoms with Gasteiger partial charge in [-0.15, -0.1) is 0 Å². The zero-order valence-corrected chi connectivity index (χ0v) is 16.3. The Hall–Kier alpha value is -4.20. The largest absolute Gasteiger partial charge is 0.467 e. The van der Waals surface area contributed by atoms with Crippen LogP contribution in [-0.2, 0) is 15.1 Å². The lowest BCUT2D eigenvalue weighted by Gasteiger charge is -2.36. The van der Waals surface area contributed by atoms with Crippen molar-refractivity contribution in [2.24, 2.45) is 5.28 Å². The lowest BCUT2D eigenvalue weighted by atomic mass is 9.77. The van der Waals surface area contributed by atoms with Crippen molar-refractivity contribution in [2.75, 3.05) is 13.9 Å². The Balaban J connectivity index is 1.73. The number of carbonyl (C=O) groups excluding carboxylic acids is 1. The molecule has 1 atom stereocenters. The quantitative estimate of drug-likeness (QED) is 0.147. The van der Waals surface area contributed by atoms with E-state index in [1.165, 1.54) is 7.11 Å². The van der Waals surface area contributed by atoms with Crippen molar-refractivity contribution in [1.82, 2.24) is 0 Å². The van der Waals surface area contributed by atoms with E-state index in [-0.39, 0.29) is 12.5 Å². The Morgan fingerprint density at radius 2 is 1.71 bits per heavy atom. The first kappa shape index (κ1) is 18.8. The zero-order chi connectivity index (χ0) is 21.4. The van der Waals surface area contributed by atoms with Crippen molar-refractivity contribution in [2.45, 2.75) is 5.60 Å². The zero-order valence-electron chi connectivity index (χ0n) is 16.3. The molecule has 5 rings (SSSR count). The maximum absolute atomic E-state index is 12.8. The number of methoxy groups -OCH3 is 1. The molecule has 9 heteroatoms. The molecule has 2 heterocycles. The molecule has 0 radical (unpaired) electrons. The topological polar surface area (TPSA) is 112 Å². The van der Waals surface area contributed by atoms with E-state index in [9.17, 15) is 4.79 Å². The third-order valence-electron chi connectivity index (χ3n) is 5.18. The molecule has 1 spiro atoms. The SMILES string of the molecule is COCOc1ccc2c(c1)Oc1cc(ON=[N+]=[N-])ccc1C21OC(=O)c2ccccc21. The molecule has 31 heavy (non-hydrogen) atoms. The molecule has 9 nitrogen and oxygen atoms in total. The van der Waals surface area contributed by atoms with Gasteiger partial charge in [0.25, 0.3) is 0 Å². The number of hydrogen-bond acceptors (Lipinski definition) is 7. The van der Waals surface area contributed by atoms with Gasteiger partial charge in [0, 0.05) is 40.8 Å². The van der Waals surface area contributed by atoms with E-state index in [1.54, 1.807) is 42.5 Å². The summed E-state index contributed by atoms with van der Waals surface area (Å²) in [4.78, 5) is 20.4. The van der Waals surface area contributed by atoms with E-state index in [0.717, 1.165) is 0 Å². The highest BCUT2D eigenvalue weighted by Gasteiger charge is 2.53. The third-order valence-corrected chi connectivity index (χ3v) is 5.18. The summed E-state index contributed by atoms with van der Waals surface area (Å²) in [6.45, 7) is 0.0719. The maximum atomic E-state index is 12.8. The highest BCUT2D eigenvalue weighted by atomic mass is 16.7. The second kappa shape index (κ2) is 7.24. The Morgan fingerprint density at radius 1 is 1.00 bits per heavy atom. The van der Waals surface area contributed by atoms with Gasteiger partial charge in [-0.1, -0.05) is 18.2 Å². The number of esters is 1. The Morgan fingerprint density at radius 3 is 2.45 bits per heavy atom. The highest BCUT2D eigenvalue weighted by molar-refractivity contribution is 5.97. The molecule has 154 valence electrons. The molecule has 3 aromatic rings. The fourth-order valence-electron chi connectivity index (χ4n) is 3.98. The predicted molar refractivity (Wildman–Crippen MR) is 107 cm³/mol. The van der Waals surface area contributed by atoms with E-state index in [1.807, 2.05) is 18.2 Å². The van der Waals surface area contributed by atoms with E-state index >= 15 is 0 Å². The average molecular weight is 417 g/mol. The van der Waals surface area contributed by atoms with Crippen molar-refractivity contribution in [3.63, 3.8) is 0 Å². The van der Waals surface area contributed by atoms with Crippen LogP contribution in [-0.4, -0.2) is 19.9 Å². The molecular formula is C22H15N3O6. The van der Waals surface area contributed by atoms with Crippen LogP contribution in [0.15, 0.2) is 65.9 Å².